The van der Waals surface area contributed by atoms with Crippen LogP contribution in [0.15, 0.2) is 0 Å². The number of aliphatic hydroxyl groups is 1. The number of nitrogens with zero attached hydrogens (tertiary/aromatic N) is 1. The van der Waals surface area contributed by atoms with Crippen molar-refractivity contribution in [3.05, 3.63) is 0 Å². The highest BCUT2D eigenvalue weighted by Gasteiger charge is 2.40. The smallest absolute Gasteiger partial charge is 0.0615 e. The maximum Gasteiger partial charge on any atom is 0.0615 e. The lowest BCUT2D eigenvalue weighted by Crippen LogP contribution is -2.49. The first-order valence-electron chi connectivity index (χ1n) is 7.73. The minimum atomic E-state index is -0.0547. The van der Waals surface area contributed by atoms with E-state index >= 15 is 0 Å². The van der Waals surface area contributed by atoms with Crippen LogP contribution in [0.5, 0.6) is 0 Å². The van der Waals surface area contributed by atoms with Gasteiger partial charge in [-0.2, -0.15) is 0 Å². The molecule has 3 atom stereocenters. The molecule has 0 aromatic carbocycles. The van der Waals surface area contributed by atoms with Crippen LogP contribution >= 0.6 is 0 Å². The van der Waals surface area contributed by atoms with Crippen molar-refractivity contribution in [2.45, 2.75) is 64.1 Å². The van der Waals surface area contributed by atoms with Gasteiger partial charge in [0.2, 0.25) is 0 Å². The van der Waals surface area contributed by atoms with E-state index in [0.29, 0.717) is 12.1 Å². The van der Waals surface area contributed by atoms with E-state index in [1.807, 2.05) is 0 Å². The van der Waals surface area contributed by atoms with E-state index in [-0.39, 0.29) is 12.1 Å². The van der Waals surface area contributed by atoms with Crippen LogP contribution in [0.3, 0.4) is 0 Å². The van der Waals surface area contributed by atoms with Gasteiger partial charge in [0.1, 0.15) is 0 Å². The van der Waals surface area contributed by atoms with Crippen LogP contribution in [0.1, 0.15) is 46.5 Å². The van der Waals surface area contributed by atoms with Crippen LogP contribution in [0.2, 0.25) is 0 Å². The standard InChI is InChI=1S/C15H32N2O2/c1-5-9-16-15(12-18)8-7-14(10-15)17(6-2)13(3)11-19-4/h13-14,16,18H,5-12H2,1-4H3. The summed E-state index contributed by atoms with van der Waals surface area (Å²) >= 11 is 0. The van der Waals surface area contributed by atoms with Crippen molar-refractivity contribution in [1.29, 1.82) is 0 Å². The van der Waals surface area contributed by atoms with Crippen LogP contribution in [-0.4, -0.2) is 61.0 Å². The molecule has 0 aromatic heterocycles. The Labute approximate surface area is 118 Å². The first kappa shape index (κ1) is 16.9. The van der Waals surface area contributed by atoms with E-state index in [9.17, 15) is 5.11 Å². The van der Waals surface area contributed by atoms with Crippen molar-refractivity contribution in [1.82, 2.24) is 10.2 Å². The Bertz CT molecular complexity index is 250. The normalized spacial score (nSPS) is 29.1. The Hall–Kier alpha value is -0.160. The Morgan fingerprint density at radius 1 is 1.47 bits per heavy atom. The second-order valence-electron chi connectivity index (χ2n) is 5.90. The van der Waals surface area contributed by atoms with Crippen molar-refractivity contribution >= 4 is 0 Å². The van der Waals surface area contributed by atoms with Crippen molar-refractivity contribution < 1.29 is 9.84 Å². The van der Waals surface area contributed by atoms with E-state index in [1.165, 1.54) is 6.42 Å². The Morgan fingerprint density at radius 2 is 2.21 bits per heavy atom. The van der Waals surface area contributed by atoms with Gasteiger partial charge in [0, 0.05) is 24.7 Å². The van der Waals surface area contributed by atoms with Gasteiger partial charge < -0.3 is 15.2 Å². The van der Waals surface area contributed by atoms with Gasteiger partial charge in [0.05, 0.1) is 13.2 Å². The van der Waals surface area contributed by atoms with Crippen LogP contribution in [-0.2, 0) is 4.74 Å². The summed E-state index contributed by atoms with van der Waals surface area (Å²) in [6, 6.07) is 1.01. The maximum absolute atomic E-state index is 9.75. The predicted octanol–water partition coefficient (Wildman–Crippen LogP) is 1.63. The molecule has 4 heteroatoms. The number of hydrogen-bond acceptors (Lipinski definition) is 4. The zero-order valence-corrected chi connectivity index (χ0v) is 13.1. The predicted molar refractivity (Wildman–Crippen MR) is 79.5 cm³/mol. The minimum Gasteiger partial charge on any atom is -0.394 e. The summed E-state index contributed by atoms with van der Waals surface area (Å²) in [6.45, 7) is 9.68. The molecule has 0 heterocycles. The van der Waals surface area contributed by atoms with Gasteiger partial charge >= 0.3 is 0 Å². The minimum absolute atomic E-state index is 0.0547. The monoisotopic (exact) mass is 272 g/mol. The van der Waals surface area contributed by atoms with Crippen molar-refractivity contribution in [3.63, 3.8) is 0 Å². The third-order valence-corrected chi connectivity index (χ3v) is 4.44. The molecule has 1 saturated carbocycles. The highest BCUT2D eigenvalue weighted by Crippen LogP contribution is 2.33. The van der Waals surface area contributed by atoms with Gasteiger partial charge in [-0.25, -0.2) is 0 Å². The zero-order valence-electron chi connectivity index (χ0n) is 13.1. The van der Waals surface area contributed by atoms with Crippen molar-refractivity contribution in [3.8, 4) is 0 Å². The quantitative estimate of drug-likeness (QED) is 0.669. The van der Waals surface area contributed by atoms with Crippen LogP contribution in [0.25, 0.3) is 0 Å². The van der Waals surface area contributed by atoms with Gasteiger partial charge in [-0.1, -0.05) is 13.8 Å². The third-order valence-electron chi connectivity index (χ3n) is 4.44. The lowest BCUT2D eigenvalue weighted by atomic mass is 9.98. The Morgan fingerprint density at radius 3 is 2.74 bits per heavy atom. The highest BCUT2D eigenvalue weighted by atomic mass is 16.5. The molecule has 1 rings (SSSR count). The van der Waals surface area contributed by atoms with E-state index in [1.54, 1.807) is 7.11 Å². The van der Waals surface area contributed by atoms with Gasteiger partial charge in [0.25, 0.3) is 0 Å². The van der Waals surface area contributed by atoms with Crippen molar-refractivity contribution in [2.75, 3.05) is 33.4 Å². The van der Waals surface area contributed by atoms with Gasteiger partial charge in [0.15, 0.2) is 0 Å². The summed E-state index contributed by atoms with van der Waals surface area (Å²) in [5.41, 5.74) is -0.0547. The number of rotatable bonds is 9. The average Bonchev–Trinajstić information content (AvgIpc) is 2.83. The molecule has 0 amide bonds. The van der Waals surface area contributed by atoms with Gasteiger partial charge in [-0.3, -0.25) is 4.90 Å². The summed E-state index contributed by atoms with van der Waals surface area (Å²) in [7, 11) is 1.76. The van der Waals surface area contributed by atoms with Gasteiger partial charge in [-0.05, 0) is 45.7 Å². The molecule has 1 fully saturated rings. The molecule has 3 unspecified atom stereocenters. The van der Waals surface area contributed by atoms with E-state index in [0.717, 1.165) is 39.0 Å². The number of hydrogen-bond donors (Lipinski definition) is 2. The SMILES string of the molecule is CCCNC1(CO)CCC(N(CC)C(C)COC)C1. The molecule has 0 spiro atoms. The fraction of sp³-hybridized carbons (Fsp3) is 1.00. The summed E-state index contributed by atoms with van der Waals surface area (Å²) in [5.74, 6) is 0. The lowest BCUT2D eigenvalue weighted by Gasteiger charge is -2.35. The highest BCUT2D eigenvalue weighted by molar-refractivity contribution is 5.00. The molecule has 1 aliphatic rings. The molecular formula is C15H32N2O2. The lowest BCUT2D eigenvalue weighted by molar-refractivity contribution is 0.0683. The second kappa shape index (κ2) is 8.20. The number of nitrogens with one attached hydrogen (secondary N) is 1. The summed E-state index contributed by atoms with van der Waals surface area (Å²) in [6.07, 6.45) is 4.40. The molecule has 0 saturated heterocycles. The van der Waals surface area contributed by atoms with Crippen LogP contribution in [0.4, 0.5) is 0 Å². The number of likely N-dealkylation sites (N-methyl/N-ethyl adjacent to an activating group) is 1. The zero-order chi connectivity index (χ0) is 14.3. The van der Waals surface area contributed by atoms with Gasteiger partial charge in [-0.15, -0.1) is 0 Å². The second-order valence-corrected chi connectivity index (χ2v) is 5.90. The van der Waals surface area contributed by atoms with Crippen LogP contribution in [0, 0.1) is 0 Å². The largest absolute Gasteiger partial charge is 0.394 e. The summed E-state index contributed by atoms with van der Waals surface area (Å²) < 4.78 is 5.28. The van der Waals surface area contributed by atoms with E-state index < -0.39 is 0 Å². The van der Waals surface area contributed by atoms with Crippen molar-refractivity contribution in [2.24, 2.45) is 0 Å². The molecule has 2 N–H and O–H groups in total. The average molecular weight is 272 g/mol. The van der Waals surface area contributed by atoms with E-state index in [2.05, 4.69) is 31.0 Å². The molecular weight excluding hydrogens is 240 g/mol. The molecule has 4 nitrogen and oxygen atoms in total. The first-order chi connectivity index (χ1) is 9.12. The maximum atomic E-state index is 9.75. The fourth-order valence-electron chi connectivity index (χ4n) is 3.40. The Kier molecular flexibility index (Phi) is 7.29. The first-order valence-corrected chi connectivity index (χ1v) is 7.73. The topological polar surface area (TPSA) is 44.7 Å². The molecule has 0 aliphatic heterocycles. The Balaban J connectivity index is 2.60. The summed E-state index contributed by atoms with van der Waals surface area (Å²) in [5, 5.41) is 13.3. The number of ether oxygens (including phenoxy) is 1. The molecule has 114 valence electrons. The van der Waals surface area contributed by atoms with E-state index in [4.69, 9.17) is 4.74 Å². The number of methoxy groups -OCH3 is 1. The molecule has 0 bridgehead atoms. The third kappa shape index (κ3) is 4.42. The molecule has 0 aromatic rings. The molecule has 0 radical (unpaired) electrons. The molecule has 19 heavy (non-hydrogen) atoms. The fourth-order valence-corrected chi connectivity index (χ4v) is 3.40. The summed E-state index contributed by atoms with van der Waals surface area (Å²) in [4.78, 5) is 2.52. The van der Waals surface area contributed by atoms with Crippen LogP contribution < -0.4 is 5.32 Å². The number of aliphatic hydroxyl groups excluding tert-OH is 1. The molecule has 1 aliphatic carbocycles.